The zero-order valence-corrected chi connectivity index (χ0v) is 18.6. The number of sulfonamides is 1. The van der Waals surface area contributed by atoms with E-state index in [0.717, 1.165) is 52.4 Å². The molecule has 164 valence electrons. The Balaban J connectivity index is 1.50. The summed E-state index contributed by atoms with van der Waals surface area (Å²) >= 11 is 0. The highest BCUT2D eigenvalue weighted by Crippen LogP contribution is 2.22. The Bertz CT molecular complexity index is 727. The molecule has 1 aromatic rings. The van der Waals surface area contributed by atoms with E-state index in [2.05, 4.69) is 13.8 Å². The second-order valence-electron chi connectivity index (χ2n) is 8.46. The number of aliphatic hydroxyl groups excluding tert-OH is 1. The van der Waals surface area contributed by atoms with Gasteiger partial charge in [0.25, 0.3) is 0 Å². The van der Waals surface area contributed by atoms with E-state index < -0.39 is 10.0 Å². The number of aliphatic hydroxyl groups is 1. The average molecular weight is 428 g/mol. The van der Waals surface area contributed by atoms with Crippen LogP contribution in [0.25, 0.3) is 0 Å². The topological polar surface area (TPSA) is 75.7 Å². The van der Waals surface area contributed by atoms with Gasteiger partial charge in [0.2, 0.25) is 10.0 Å². The van der Waals surface area contributed by atoms with Crippen molar-refractivity contribution in [1.29, 1.82) is 0 Å². The summed E-state index contributed by atoms with van der Waals surface area (Å²) in [4.78, 5) is 3.05. The molecule has 3 rings (SSSR count). The summed E-state index contributed by atoms with van der Waals surface area (Å²) in [7, 11) is -3.45. The molecule has 2 fully saturated rings. The molecule has 0 amide bonds. The Morgan fingerprint density at radius 1 is 1.03 bits per heavy atom. The van der Waals surface area contributed by atoms with Crippen molar-refractivity contribution in [3.05, 3.63) is 29.8 Å². The fourth-order valence-electron chi connectivity index (χ4n) is 4.20. The van der Waals surface area contributed by atoms with Gasteiger partial charge >= 0.3 is 0 Å². The molecular weight excluding hydrogens is 390 g/mol. The molecule has 2 aliphatic rings. The Kier molecular flexibility index (Phi) is 8.07. The molecule has 3 N–H and O–H groups in total. The van der Waals surface area contributed by atoms with Gasteiger partial charge in [-0.05, 0) is 30.0 Å². The minimum absolute atomic E-state index is 0.352. The summed E-state index contributed by atoms with van der Waals surface area (Å²) in [6.45, 7) is 11.6. The number of ether oxygens (including phenoxy) is 1. The van der Waals surface area contributed by atoms with Gasteiger partial charge in [0, 0.05) is 0 Å². The third kappa shape index (κ3) is 5.99. The molecule has 2 heterocycles. The molecule has 0 aromatic heterocycles. The third-order valence-corrected chi connectivity index (χ3v) is 8.29. The van der Waals surface area contributed by atoms with E-state index in [9.17, 15) is 13.5 Å². The van der Waals surface area contributed by atoms with Crippen molar-refractivity contribution >= 4 is 10.0 Å². The van der Waals surface area contributed by atoms with Crippen LogP contribution in [-0.2, 0) is 14.8 Å². The molecule has 0 bridgehead atoms. The van der Waals surface area contributed by atoms with Crippen molar-refractivity contribution < 1.29 is 28.1 Å². The lowest BCUT2D eigenvalue weighted by molar-refractivity contribution is -0.930. The molecule has 7 nitrogen and oxygen atoms in total. The first-order valence-electron chi connectivity index (χ1n) is 10.9. The number of hydrogen-bond acceptors (Lipinski definition) is 4. The third-order valence-electron chi connectivity index (χ3n) is 6.38. The Morgan fingerprint density at radius 3 is 2.14 bits per heavy atom. The second kappa shape index (κ2) is 10.3. The SMILES string of the molecule is CC[C@@H](C)c1ccc(S(=O)(=O)N2CC[NH+](C[C@H](O)C[NH+]3CCOCC3)CC2)cc1. The molecule has 2 saturated heterocycles. The van der Waals surface area contributed by atoms with Crippen molar-refractivity contribution in [1.82, 2.24) is 4.31 Å². The van der Waals surface area contributed by atoms with Crippen molar-refractivity contribution in [2.45, 2.75) is 37.2 Å². The van der Waals surface area contributed by atoms with Gasteiger partial charge in [0.15, 0.2) is 6.10 Å². The standard InChI is InChI=1S/C21H35N3O4S/c1-3-18(2)19-4-6-21(7-5-19)29(26,27)24-10-8-22(9-11-24)16-20(25)17-23-12-14-28-15-13-23/h4-7,18,20,25H,3,8-17H2,1-2H3/p+2/t18-,20+/m1/s1. The molecule has 29 heavy (non-hydrogen) atoms. The Labute approximate surface area is 175 Å². The minimum Gasteiger partial charge on any atom is -0.382 e. The maximum atomic E-state index is 13.0. The largest absolute Gasteiger partial charge is 0.382 e. The van der Waals surface area contributed by atoms with Crippen LogP contribution < -0.4 is 9.80 Å². The number of morpholine rings is 1. The van der Waals surface area contributed by atoms with Gasteiger partial charge in [-0.3, -0.25) is 0 Å². The van der Waals surface area contributed by atoms with E-state index in [-0.39, 0.29) is 6.10 Å². The van der Waals surface area contributed by atoms with Crippen molar-refractivity contribution in [3.63, 3.8) is 0 Å². The smallest absolute Gasteiger partial charge is 0.243 e. The van der Waals surface area contributed by atoms with Gasteiger partial charge in [-0.25, -0.2) is 8.42 Å². The summed E-state index contributed by atoms with van der Waals surface area (Å²) in [5.74, 6) is 0.435. The number of hydrogen-bond donors (Lipinski definition) is 3. The first-order chi connectivity index (χ1) is 13.9. The number of nitrogens with one attached hydrogen (secondary N) is 2. The zero-order valence-electron chi connectivity index (χ0n) is 17.8. The van der Waals surface area contributed by atoms with Crippen molar-refractivity contribution in [3.8, 4) is 0 Å². The summed E-state index contributed by atoms with van der Waals surface area (Å²) in [6, 6.07) is 7.36. The van der Waals surface area contributed by atoms with Crippen LogP contribution in [0.1, 0.15) is 31.7 Å². The molecular formula is C21H37N3O4S+2. The lowest BCUT2D eigenvalue weighted by Crippen LogP contribution is -3.19. The minimum atomic E-state index is -3.45. The van der Waals surface area contributed by atoms with Crippen LogP contribution in [0.2, 0.25) is 0 Å². The van der Waals surface area contributed by atoms with Crippen LogP contribution in [-0.4, -0.2) is 89.5 Å². The first kappa shape index (κ1) is 22.7. The van der Waals surface area contributed by atoms with Crippen LogP contribution in [0, 0.1) is 0 Å². The molecule has 0 saturated carbocycles. The van der Waals surface area contributed by atoms with E-state index in [1.807, 2.05) is 12.1 Å². The van der Waals surface area contributed by atoms with Gasteiger partial charge in [-0.1, -0.05) is 26.0 Å². The summed E-state index contributed by atoms with van der Waals surface area (Å²) < 4.78 is 32.9. The lowest BCUT2D eigenvalue weighted by Gasteiger charge is -2.33. The van der Waals surface area contributed by atoms with Crippen molar-refractivity contribution in [2.24, 2.45) is 0 Å². The van der Waals surface area contributed by atoms with E-state index >= 15 is 0 Å². The Morgan fingerprint density at radius 2 is 1.59 bits per heavy atom. The van der Waals surface area contributed by atoms with E-state index in [0.29, 0.717) is 30.4 Å². The Hall–Kier alpha value is -1.03. The van der Waals surface area contributed by atoms with Crippen LogP contribution in [0.5, 0.6) is 0 Å². The molecule has 8 heteroatoms. The highest BCUT2D eigenvalue weighted by Gasteiger charge is 2.32. The van der Waals surface area contributed by atoms with Crippen molar-refractivity contribution in [2.75, 3.05) is 65.6 Å². The fraction of sp³-hybridized carbons (Fsp3) is 0.714. The normalized spacial score (nSPS) is 22.4. The van der Waals surface area contributed by atoms with Gasteiger partial charge in [-0.15, -0.1) is 0 Å². The maximum Gasteiger partial charge on any atom is 0.243 e. The highest BCUT2D eigenvalue weighted by atomic mass is 32.2. The number of quaternary nitrogens is 2. The van der Waals surface area contributed by atoms with E-state index in [1.165, 1.54) is 15.4 Å². The molecule has 0 spiro atoms. The molecule has 0 radical (unpaired) electrons. The first-order valence-corrected chi connectivity index (χ1v) is 12.4. The van der Waals surface area contributed by atoms with Gasteiger partial charge in [0.1, 0.15) is 26.2 Å². The van der Waals surface area contributed by atoms with Crippen LogP contribution in [0.3, 0.4) is 0 Å². The van der Waals surface area contributed by atoms with Crippen LogP contribution >= 0.6 is 0 Å². The number of rotatable bonds is 8. The zero-order chi connectivity index (χ0) is 20.9. The predicted octanol–water partition coefficient (Wildman–Crippen LogP) is -1.63. The summed E-state index contributed by atoms with van der Waals surface area (Å²) in [6.07, 6.45) is 0.685. The average Bonchev–Trinajstić information content (AvgIpc) is 2.74. The van der Waals surface area contributed by atoms with E-state index in [1.54, 1.807) is 16.4 Å². The van der Waals surface area contributed by atoms with Crippen LogP contribution in [0.15, 0.2) is 29.2 Å². The summed E-state index contributed by atoms with van der Waals surface area (Å²) in [5, 5.41) is 10.4. The van der Waals surface area contributed by atoms with Gasteiger partial charge < -0.3 is 19.6 Å². The molecule has 2 aliphatic heterocycles. The van der Waals surface area contributed by atoms with Crippen LogP contribution in [0.4, 0.5) is 0 Å². The fourth-order valence-corrected chi connectivity index (χ4v) is 5.64. The van der Waals surface area contributed by atoms with Gasteiger partial charge in [-0.2, -0.15) is 4.31 Å². The predicted molar refractivity (Wildman–Crippen MR) is 112 cm³/mol. The molecule has 2 atom stereocenters. The highest BCUT2D eigenvalue weighted by molar-refractivity contribution is 7.89. The quantitative estimate of drug-likeness (QED) is 0.466. The molecule has 0 unspecified atom stereocenters. The monoisotopic (exact) mass is 427 g/mol. The summed E-state index contributed by atoms with van der Waals surface area (Å²) in [5.41, 5.74) is 1.18. The number of piperazine rings is 1. The second-order valence-corrected chi connectivity index (χ2v) is 10.4. The van der Waals surface area contributed by atoms with E-state index in [4.69, 9.17) is 4.74 Å². The number of benzene rings is 1. The molecule has 0 aliphatic carbocycles. The number of nitrogens with zero attached hydrogens (tertiary/aromatic N) is 1. The molecule has 1 aromatic carbocycles. The van der Waals surface area contributed by atoms with Gasteiger partial charge in [0.05, 0.1) is 44.3 Å². The lowest BCUT2D eigenvalue weighted by atomic mass is 9.99. The maximum absolute atomic E-state index is 13.0.